The zero-order valence-corrected chi connectivity index (χ0v) is 9.65. The van der Waals surface area contributed by atoms with Gasteiger partial charge in [-0.2, -0.15) is 0 Å². The highest BCUT2D eigenvalue weighted by Crippen LogP contribution is 2.20. The lowest BCUT2D eigenvalue weighted by atomic mass is 10.2. The highest BCUT2D eigenvalue weighted by Gasteiger charge is 2.16. The van der Waals surface area contributed by atoms with E-state index in [1.165, 1.54) is 0 Å². The SMILES string of the molecule is CC(C(=O)O)N(C)c1cccc(Br)c1. The number of likely N-dealkylation sites (N-methyl/N-ethyl adjacent to an activating group) is 1. The molecule has 3 nitrogen and oxygen atoms in total. The second kappa shape index (κ2) is 4.46. The van der Waals surface area contributed by atoms with Crippen LogP contribution >= 0.6 is 15.9 Å². The van der Waals surface area contributed by atoms with Gasteiger partial charge in [-0.25, -0.2) is 4.79 Å². The van der Waals surface area contributed by atoms with Crippen molar-refractivity contribution in [2.75, 3.05) is 11.9 Å². The molecule has 0 spiro atoms. The lowest BCUT2D eigenvalue weighted by Gasteiger charge is -2.23. The summed E-state index contributed by atoms with van der Waals surface area (Å²) >= 11 is 3.34. The fourth-order valence-electron chi connectivity index (χ4n) is 1.08. The third kappa shape index (κ3) is 2.48. The van der Waals surface area contributed by atoms with Gasteiger partial charge in [0.25, 0.3) is 0 Å². The Kier molecular flexibility index (Phi) is 3.52. The van der Waals surface area contributed by atoms with Gasteiger partial charge in [0.15, 0.2) is 0 Å². The van der Waals surface area contributed by atoms with Crippen molar-refractivity contribution in [1.82, 2.24) is 0 Å². The zero-order valence-electron chi connectivity index (χ0n) is 8.07. The van der Waals surface area contributed by atoms with Crippen LogP contribution in [0, 0.1) is 0 Å². The lowest BCUT2D eigenvalue weighted by Crippen LogP contribution is -2.35. The Labute approximate surface area is 91.5 Å². The molecule has 1 unspecified atom stereocenters. The molecule has 0 saturated heterocycles. The predicted molar refractivity (Wildman–Crippen MR) is 59.6 cm³/mol. The molecule has 0 aliphatic rings. The van der Waals surface area contributed by atoms with Crippen LogP contribution in [0.3, 0.4) is 0 Å². The molecule has 0 amide bonds. The number of halogens is 1. The molecule has 0 radical (unpaired) electrons. The number of benzene rings is 1. The van der Waals surface area contributed by atoms with Crippen LogP contribution in [0.2, 0.25) is 0 Å². The summed E-state index contributed by atoms with van der Waals surface area (Å²) in [5, 5.41) is 8.83. The summed E-state index contributed by atoms with van der Waals surface area (Å²) in [6.07, 6.45) is 0. The summed E-state index contributed by atoms with van der Waals surface area (Å²) in [5.41, 5.74) is 0.884. The molecule has 0 heterocycles. The number of carbonyl (C=O) groups is 1. The Morgan fingerprint density at radius 2 is 2.21 bits per heavy atom. The maximum Gasteiger partial charge on any atom is 0.326 e. The largest absolute Gasteiger partial charge is 0.480 e. The van der Waals surface area contributed by atoms with Gasteiger partial charge in [-0.15, -0.1) is 0 Å². The van der Waals surface area contributed by atoms with E-state index in [0.717, 1.165) is 10.2 Å². The van der Waals surface area contributed by atoms with Gasteiger partial charge in [0.2, 0.25) is 0 Å². The first-order chi connectivity index (χ1) is 6.52. The summed E-state index contributed by atoms with van der Waals surface area (Å²) < 4.78 is 0.944. The first-order valence-corrected chi connectivity index (χ1v) is 5.03. The van der Waals surface area contributed by atoms with Crippen molar-refractivity contribution in [2.24, 2.45) is 0 Å². The number of hydrogen-bond donors (Lipinski definition) is 1. The molecule has 0 aliphatic heterocycles. The average molecular weight is 258 g/mol. The van der Waals surface area contributed by atoms with E-state index in [4.69, 9.17) is 5.11 Å². The van der Waals surface area contributed by atoms with Gasteiger partial charge in [0.05, 0.1) is 0 Å². The minimum atomic E-state index is -0.826. The summed E-state index contributed by atoms with van der Waals surface area (Å²) in [4.78, 5) is 12.5. The van der Waals surface area contributed by atoms with E-state index in [0.29, 0.717) is 0 Å². The minimum absolute atomic E-state index is 0.524. The van der Waals surface area contributed by atoms with Crippen molar-refractivity contribution in [2.45, 2.75) is 13.0 Å². The van der Waals surface area contributed by atoms with Gasteiger partial charge < -0.3 is 10.0 Å². The molecule has 0 bridgehead atoms. The van der Waals surface area contributed by atoms with Crippen molar-refractivity contribution in [1.29, 1.82) is 0 Å². The molecule has 1 N–H and O–H groups in total. The fourth-order valence-corrected chi connectivity index (χ4v) is 1.47. The second-order valence-corrected chi connectivity index (χ2v) is 4.02. The van der Waals surface area contributed by atoms with Crippen LogP contribution in [-0.4, -0.2) is 24.2 Å². The molecule has 0 saturated carbocycles. The second-order valence-electron chi connectivity index (χ2n) is 3.10. The molecule has 0 aliphatic carbocycles. The summed E-state index contributed by atoms with van der Waals surface area (Å²) in [5.74, 6) is -0.826. The predicted octanol–water partition coefficient (Wildman–Crippen LogP) is 2.36. The average Bonchev–Trinajstić information content (AvgIpc) is 2.15. The lowest BCUT2D eigenvalue weighted by molar-refractivity contribution is -0.138. The maximum atomic E-state index is 10.7. The van der Waals surface area contributed by atoms with Crippen LogP contribution in [0.5, 0.6) is 0 Å². The Hall–Kier alpha value is -1.03. The number of hydrogen-bond acceptors (Lipinski definition) is 2. The van der Waals surface area contributed by atoms with Crippen LogP contribution in [0.25, 0.3) is 0 Å². The van der Waals surface area contributed by atoms with Gasteiger partial charge in [-0.05, 0) is 25.1 Å². The van der Waals surface area contributed by atoms with E-state index in [1.807, 2.05) is 24.3 Å². The van der Waals surface area contributed by atoms with E-state index >= 15 is 0 Å². The Balaban J connectivity index is 2.89. The smallest absolute Gasteiger partial charge is 0.326 e. The molecule has 1 rings (SSSR count). The number of carboxylic acid groups (broad SMARTS) is 1. The van der Waals surface area contributed by atoms with E-state index in [2.05, 4.69) is 15.9 Å². The Morgan fingerprint density at radius 3 is 2.71 bits per heavy atom. The van der Waals surface area contributed by atoms with Gasteiger partial charge in [0, 0.05) is 17.2 Å². The van der Waals surface area contributed by atoms with Crippen LogP contribution < -0.4 is 4.90 Å². The van der Waals surface area contributed by atoms with Crippen molar-refractivity contribution in [3.8, 4) is 0 Å². The molecule has 0 aromatic heterocycles. The molecule has 76 valence electrons. The molecule has 1 atom stereocenters. The molecule has 1 aromatic rings. The highest BCUT2D eigenvalue weighted by atomic mass is 79.9. The molecular weight excluding hydrogens is 246 g/mol. The monoisotopic (exact) mass is 257 g/mol. The third-order valence-corrected chi connectivity index (χ3v) is 2.65. The van der Waals surface area contributed by atoms with Crippen LogP contribution in [-0.2, 0) is 4.79 Å². The van der Waals surface area contributed by atoms with Crippen LogP contribution in [0.4, 0.5) is 5.69 Å². The highest BCUT2D eigenvalue weighted by molar-refractivity contribution is 9.10. The Bertz CT molecular complexity index is 341. The van der Waals surface area contributed by atoms with Crippen molar-refractivity contribution in [3.63, 3.8) is 0 Å². The summed E-state index contributed by atoms with van der Waals surface area (Å²) in [6, 6.07) is 7.03. The van der Waals surface area contributed by atoms with Gasteiger partial charge in [-0.1, -0.05) is 22.0 Å². The van der Waals surface area contributed by atoms with E-state index in [9.17, 15) is 4.79 Å². The number of nitrogens with zero attached hydrogens (tertiary/aromatic N) is 1. The van der Waals surface area contributed by atoms with Crippen molar-refractivity contribution >= 4 is 27.6 Å². The quantitative estimate of drug-likeness (QED) is 0.904. The van der Waals surface area contributed by atoms with Crippen molar-refractivity contribution < 1.29 is 9.90 Å². The number of anilines is 1. The van der Waals surface area contributed by atoms with Gasteiger partial charge in [-0.3, -0.25) is 0 Å². The van der Waals surface area contributed by atoms with Gasteiger partial charge >= 0.3 is 5.97 Å². The first kappa shape index (κ1) is 11.0. The Morgan fingerprint density at radius 1 is 1.57 bits per heavy atom. The van der Waals surface area contributed by atoms with Crippen LogP contribution in [0.15, 0.2) is 28.7 Å². The van der Waals surface area contributed by atoms with Crippen LogP contribution in [0.1, 0.15) is 6.92 Å². The van der Waals surface area contributed by atoms with E-state index < -0.39 is 12.0 Å². The maximum absolute atomic E-state index is 10.7. The molecular formula is C10H12BrNO2. The normalized spacial score (nSPS) is 12.2. The van der Waals surface area contributed by atoms with E-state index in [1.54, 1.807) is 18.9 Å². The first-order valence-electron chi connectivity index (χ1n) is 4.23. The third-order valence-electron chi connectivity index (χ3n) is 2.15. The topological polar surface area (TPSA) is 40.5 Å². The van der Waals surface area contributed by atoms with E-state index in [-0.39, 0.29) is 0 Å². The number of aliphatic carboxylic acids is 1. The molecule has 4 heteroatoms. The number of carboxylic acids is 1. The summed E-state index contributed by atoms with van der Waals surface area (Å²) in [6.45, 7) is 1.66. The molecule has 14 heavy (non-hydrogen) atoms. The number of rotatable bonds is 3. The molecule has 1 aromatic carbocycles. The molecule has 0 fully saturated rings. The van der Waals surface area contributed by atoms with Crippen molar-refractivity contribution in [3.05, 3.63) is 28.7 Å². The zero-order chi connectivity index (χ0) is 10.7. The minimum Gasteiger partial charge on any atom is -0.480 e. The standard InChI is InChI=1S/C10H12BrNO2/c1-7(10(13)14)12(2)9-5-3-4-8(11)6-9/h3-7H,1-2H3,(H,13,14). The van der Waals surface area contributed by atoms with Gasteiger partial charge in [0.1, 0.15) is 6.04 Å². The fraction of sp³-hybridized carbons (Fsp3) is 0.300. The summed E-state index contributed by atoms with van der Waals surface area (Å²) in [7, 11) is 1.76.